The fourth-order valence-electron chi connectivity index (χ4n) is 2.83. The molecule has 0 bridgehead atoms. The molecule has 3 nitrogen and oxygen atoms in total. The van der Waals surface area contributed by atoms with Crippen LogP contribution in [-0.4, -0.2) is 12.6 Å². The van der Waals surface area contributed by atoms with E-state index >= 15 is 0 Å². The number of benzene rings is 2. The molecule has 1 unspecified atom stereocenters. The lowest BCUT2D eigenvalue weighted by Crippen LogP contribution is -2.12. The Hall–Kier alpha value is -2.29. The Bertz CT molecular complexity index is 601. The number of hydrogen-bond acceptors (Lipinski definition) is 3. The summed E-state index contributed by atoms with van der Waals surface area (Å²) in [6, 6.07) is 16.1. The van der Waals surface area contributed by atoms with Crippen molar-refractivity contribution in [1.82, 2.24) is 0 Å². The number of carbonyl (C=O) groups is 1. The maximum atomic E-state index is 12.0. The highest BCUT2D eigenvalue weighted by Gasteiger charge is 2.26. The van der Waals surface area contributed by atoms with Gasteiger partial charge < -0.3 is 9.47 Å². The van der Waals surface area contributed by atoms with Gasteiger partial charge in [0, 0.05) is 11.5 Å². The largest absolute Gasteiger partial charge is 0.489 e. The van der Waals surface area contributed by atoms with Crippen LogP contribution in [0.25, 0.3) is 0 Å². The lowest BCUT2D eigenvalue weighted by Gasteiger charge is -2.18. The molecule has 1 aliphatic heterocycles. The Kier molecular flexibility index (Phi) is 3.91. The number of ether oxygens (including phenoxy) is 2. The standard InChI is InChI=1S/C18H18O3/c1-2-20-18(19)11-16-14-8-4-3-7-13(14)12-21-17-10-6-5-9-15(16)17/h3-10,16H,2,11-12H2,1H3. The molecular formula is C18H18O3. The van der Waals surface area contributed by atoms with Crippen LogP contribution in [0.15, 0.2) is 48.5 Å². The number of carbonyl (C=O) groups excluding carboxylic acids is 1. The van der Waals surface area contributed by atoms with E-state index in [4.69, 9.17) is 9.47 Å². The Morgan fingerprint density at radius 2 is 1.86 bits per heavy atom. The quantitative estimate of drug-likeness (QED) is 0.806. The molecule has 1 aliphatic rings. The van der Waals surface area contributed by atoms with Gasteiger partial charge in [-0.1, -0.05) is 42.5 Å². The molecule has 0 spiro atoms. The number of esters is 1. The molecule has 0 N–H and O–H groups in total. The minimum Gasteiger partial charge on any atom is -0.489 e. The van der Waals surface area contributed by atoms with Crippen molar-refractivity contribution in [3.8, 4) is 5.75 Å². The van der Waals surface area contributed by atoms with Crippen molar-refractivity contribution in [2.75, 3.05) is 6.61 Å². The van der Waals surface area contributed by atoms with Crippen molar-refractivity contribution in [3.63, 3.8) is 0 Å². The summed E-state index contributed by atoms with van der Waals surface area (Å²) in [6.45, 7) is 2.77. The van der Waals surface area contributed by atoms with Gasteiger partial charge in [0.2, 0.25) is 0 Å². The zero-order valence-electron chi connectivity index (χ0n) is 12.0. The maximum Gasteiger partial charge on any atom is 0.306 e. The maximum absolute atomic E-state index is 12.0. The predicted octanol–water partition coefficient (Wildman–Crippen LogP) is 3.66. The van der Waals surface area contributed by atoms with E-state index in [-0.39, 0.29) is 11.9 Å². The smallest absolute Gasteiger partial charge is 0.306 e. The molecule has 0 radical (unpaired) electrons. The number of para-hydroxylation sites is 1. The minimum absolute atomic E-state index is 0.0149. The van der Waals surface area contributed by atoms with Gasteiger partial charge >= 0.3 is 5.97 Å². The third-order valence-corrected chi connectivity index (χ3v) is 3.78. The first-order valence-corrected chi connectivity index (χ1v) is 7.24. The second-order valence-electron chi connectivity index (χ2n) is 5.09. The van der Waals surface area contributed by atoms with E-state index < -0.39 is 0 Å². The molecule has 1 atom stereocenters. The molecule has 21 heavy (non-hydrogen) atoms. The van der Waals surface area contributed by atoms with E-state index in [2.05, 4.69) is 12.1 Å². The molecule has 0 aromatic heterocycles. The van der Waals surface area contributed by atoms with Crippen LogP contribution in [0.2, 0.25) is 0 Å². The Balaban J connectivity index is 2.04. The normalized spacial score (nSPS) is 16.1. The third-order valence-electron chi connectivity index (χ3n) is 3.78. The molecule has 0 aliphatic carbocycles. The highest BCUT2D eigenvalue weighted by molar-refractivity contribution is 5.72. The summed E-state index contributed by atoms with van der Waals surface area (Å²) in [7, 11) is 0. The van der Waals surface area contributed by atoms with Gasteiger partial charge in [-0.05, 0) is 24.1 Å². The molecule has 1 heterocycles. The zero-order chi connectivity index (χ0) is 14.7. The van der Waals surface area contributed by atoms with Gasteiger partial charge in [0.1, 0.15) is 12.4 Å². The molecule has 108 valence electrons. The lowest BCUT2D eigenvalue weighted by atomic mass is 9.86. The first kappa shape index (κ1) is 13.7. The average Bonchev–Trinajstić information content (AvgIpc) is 2.66. The van der Waals surface area contributed by atoms with Crippen molar-refractivity contribution in [3.05, 3.63) is 65.2 Å². The predicted molar refractivity (Wildman–Crippen MR) is 80.3 cm³/mol. The van der Waals surface area contributed by atoms with E-state index in [1.165, 1.54) is 0 Å². The molecule has 2 aromatic rings. The summed E-state index contributed by atoms with van der Waals surface area (Å²) in [5.41, 5.74) is 3.33. The number of fused-ring (bicyclic) bond motifs is 2. The van der Waals surface area contributed by atoms with E-state index in [1.807, 2.05) is 43.3 Å². The first-order chi connectivity index (χ1) is 10.3. The SMILES string of the molecule is CCOC(=O)CC1c2ccccc2COc2ccccc21. The summed E-state index contributed by atoms with van der Waals surface area (Å²) >= 11 is 0. The molecule has 0 amide bonds. The van der Waals surface area contributed by atoms with Crippen LogP contribution < -0.4 is 4.74 Å². The summed E-state index contributed by atoms with van der Waals surface area (Å²) in [4.78, 5) is 12.0. The van der Waals surface area contributed by atoms with E-state index in [9.17, 15) is 4.79 Å². The lowest BCUT2D eigenvalue weighted by molar-refractivity contribution is -0.143. The van der Waals surface area contributed by atoms with Crippen molar-refractivity contribution in [1.29, 1.82) is 0 Å². The van der Waals surface area contributed by atoms with Gasteiger partial charge in [0.15, 0.2) is 0 Å². The number of rotatable bonds is 3. The van der Waals surface area contributed by atoms with Crippen LogP contribution in [-0.2, 0) is 16.1 Å². The highest BCUT2D eigenvalue weighted by Crippen LogP contribution is 2.39. The van der Waals surface area contributed by atoms with Crippen molar-refractivity contribution >= 4 is 5.97 Å². The Morgan fingerprint density at radius 3 is 2.67 bits per heavy atom. The summed E-state index contributed by atoms with van der Waals surface area (Å²) in [5, 5.41) is 0. The van der Waals surface area contributed by atoms with Crippen LogP contribution in [0.3, 0.4) is 0 Å². The molecule has 3 rings (SSSR count). The monoisotopic (exact) mass is 282 g/mol. The topological polar surface area (TPSA) is 35.5 Å². The number of hydrogen-bond donors (Lipinski definition) is 0. The van der Waals surface area contributed by atoms with Gasteiger partial charge in [0.25, 0.3) is 0 Å². The van der Waals surface area contributed by atoms with Crippen LogP contribution in [0.5, 0.6) is 5.75 Å². The molecule has 0 saturated carbocycles. The Labute approximate surface area is 124 Å². The van der Waals surface area contributed by atoms with Gasteiger partial charge in [-0.3, -0.25) is 4.79 Å². The van der Waals surface area contributed by atoms with Crippen molar-refractivity contribution < 1.29 is 14.3 Å². The summed E-state index contributed by atoms with van der Waals surface area (Å²) in [6.07, 6.45) is 0.339. The van der Waals surface area contributed by atoms with Crippen LogP contribution in [0.1, 0.15) is 36.0 Å². The average molecular weight is 282 g/mol. The van der Waals surface area contributed by atoms with Crippen LogP contribution >= 0.6 is 0 Å². The van der Waals surface area contributed by atoms with E-state index in [0.717, 1.165) is 22.4 Å². The van der Waals surface area contributed by atoms with Gasteiger partial charge in [0.05, 0.1) is 13.0 Å². The molecular weight excluding hydrogens is 264 g/mol. The molecule has 3 heteroatoms. The third kappa shape index (κ3) is 2.77. The fourth-order valence-corrected chi connectivity index (χ4v) is 2.83. The van der Waals surface area contributed by atoms with Crippen LogP contribution in [0, 0.1) is 0 Å². The van der Waals surface area contributed by atoms with Gasteiger partial charge in [-0.15, -0.1) is 0 Å². The highest BCUT2D eigenvalue weighted by atomic mass is 16.5. The zero-order valence-corrected chi connectivity index (χ0v) is 12.0. The molecule has 2 aromatic carbocycles. The second kappa shape index (κ2) is 6.00. The van der Waals surface area contributed by atoms with Crippen molar-refractivity contribution in [2.24, 2.45) is 0 Å². The second-order valence-corrected chi connectivity index (χ2v) is 5.09. The fraction of sp³-hybridized carbons (Fsp3) is 0.278. The minimum atomic E-state index is -0.172. The van der Waals surface area contributed by atoms with E-state index in [0.29, 0.717) is 19.6 Å². The first-order valence-electron chi connectivity index (χ1n) is 7.24. The molecule has 0 fully saturated rings. The van der Waals surface area contributed by atoms with Crippen LogP contribution in [0.4, 0.5) is 0 Å². The van der Waals surface area contributed by atoms with E-state index in [1.54, 1.807) is 0 Å². The van der Waals surface area contributed by atoms with Crippen molar-refractivity contribution in [2.45, 2.75) is 25.9 Å². The van der Waals surface area contributed by atoms with Gasteiger partial charge in [-0.2, -0.15) is 0 Å². The van der Waals surface area contributed by atoms with Gasteiger partial charge in [-0.25, -0.2) is 0 Å². The molecule has 0 saturated heterocycles. The Morgan fingerprint density at radius 1 is 1.14 bits per heavy atom. The summed E-state index contributed by atoms with van der Waals surface area (Å²) in [5.74, 6) is 0.663. The summed E-state index contributed by atoms with van der Waals surface area (Å²) < 4.78 is 11.0.